The van der Waals surface area contributed by atoms with Crippen molar-refractivity contribution in [3.05, 3.63) is 23.9 Å². The lowest BCUT2D eigenvalue weighted by Crippen LogP contribution is -2.47. The number of pyridine rings is 1. The molecule has 0 saturated carbocycles. The van der Waals surface area contributed by atoms with Crippen molar-refractivity contribution in [1.82, 2.24) is 15.6 Å². The Hall–Kier alpha value is -1.09. The zero-order valence-electron chi connectivity index (χ0n) is 14.0. The first-order chi connectivity index (χ1) is 9.94. The fourth-order valence-electron chi connectivity index (χ4n) is 1.55. The number of nitrogens with zero attached hydrogens (tertiary/aromatic N) is 2. The smallest absolute Gasteiger partial charge is 0.213 e. The van der Waals surface area contributed by atoms with Crippen molar-refractivity contribution in [3.8, 4) is 5.88 Å². The summed E-state index contributed by atoms with van der Waals surface area (Å²) in [5.74, 6) is 1.37. The number of hydrogen-bond donors (Lipinski definition) is 2. The fourth-order valence-corrected chi connectivity index (χ4v) is 1.55. The molecule has 0 aliphatic carbocycles. The van der Waals surface area contributed by atoms with E-state index in [1.54, 1.807) is 20.4 Å². The Balaban J connectivity index is 0.00000441. The van der Waals surface area contributed by atoms with Gasteiger partial charge in [-0.1, -0.05) is 6.07 Å². The third-order valence-corrected chi connectivity index (χ3v) is 2.51. The van der Waals surface area contributed by atoms with Gasteiger partial charge in [0.15, 0.2) is 5.96 Å². The minimum atomic E-state index is -0.0286. The van der Waals surface area contributed by atoms with Gasteiger partial charge in [-0.2, -0.15) is 0 Å². The van der Waals surface area contributed by atoms with Crippen molar-refractivity contribution in [1.29, 1.82) is 0 Å². The van der Waals surface area contributed by atoms with Crippen molar-refractivity contribution >= 4 is 29.9 Å². The first-order valence-electron chi connectivity index (χ1n) is 7.00. The minimum absolute atomic E-state index is 0. The van der Waals surface area contributed by atoms with Crippen LogP contribution in [0, 0.1) is 0 Å². The first-order valence-corrected chi connectivity index (χ1v) is 7.00. The molecule has 126 valence electrons. The number of hydrogen-bond acceptors (Lipinski definition) is 4. The number of aromatic nitrogens is 1. The second-order valence-electron chi connectivity index (χ2n) is 5.65. The minimum Gasteiger partial charge on any atom is -0.475 e. The van der Waals surface area contributed by atoms with Gasteiger partial charge in [-0.3, -0.25) is 4.99 Å². The van der Waals surface area contributed by atoms with E-state index in [4.69, 9.17) is 9.47 Å². The highest BCUT2D eigenvalue weighted by atomic mass is 127. The third-order valence-electron chi connectivity index (χ3n) is 2.51. The lowest BCUT2D eigenvalue weighted by atomic mass is 10.1. The van der Waals surface area contributed by atoms with Crippen molar-refractivity contribution in [3.63, 3.8) is 0 Å². The standard InChI is InChI=1S/C15H26N4O2.HI/c1-15(2,3)19-14(16-4)18-11-12-6-7-13(17-10-12)21-9-8-20-5;/h6-7,10H,8-9,11H2,1-5H3,(H2,16,18,19);1H. The van der Waals surface area contributed by atoms with Crippen LogP contribution in [0.5, 0.6) is 5.88 Å². The molecule has 2 N–H and O–H groups in total. The Morgan fingerprint density at radius 3 is 2.50 bits per heavy atom. The maximum Gasteiger partial charge on any atom is 0.213 e. The summed E-state index contributed by atoms with van der Waals surface area (Å²) in [4.78, 5) is 8.44. The Bertz CT molecular complexity index is 444. The highest BCUT2D eigenvalue weighted by molar-refractivity contribution is 14.0. The summed E-state index contributed by atoms with van der Waals surface area (Å²) in [6.45, 7) is 7.98. The van der Waals surface area contributed by atoms with Gasteiger partial charge in [-0.25, -0.2) is 4.98 Å². The van der Waals surface area contributed by atoms with E-state index >= 15 is 0 Å². The summed E-state index contributed by atoms with van der Waals surface area (Å²) >= 11 is 0. The van der Waals surface area contributed by atoms with Gasteiger partial charge < -0.3 is 20.1 Å². The molecule has 0 unspecified atom stereocenters. The second-order valence-corrected chi connectivity index (χ2v) is 5.65. The quantitative estimate of drug-likeness (QED) is 0.319. The number of guanidine groups is 1. The molecular formula is C15H27IN4O2. The highest BCUT2D eigenvalue weighted by Gasteiger charge is 2.11. The molecule has 0 aromatic carbocycles. The van der Waals surface area contributed by atoms with Gasteiger partial charge in [0.2, 0.25) is 5.88 Å². The summed E-state index contributed by atoms with van der Waals surface area (Å²) in [5, 5.41) is 6.55. The van der Waals surface area contributed by atoms with Gasteiger partial charge in [0.25, 0.3) is 0 Å². The van der Waals surface area contributed by atoms with Crippen LogP contribution in [-0.4, -0.2) is 43.9 Å². The number of nitrogens with one attached hydrogen (secondary N) is 2. The van der Waals surface area contributed by atoms with E-state index in [1.165, 1.54) is 0 Å². The van der Waals surface area contributed by atoms with Gasteiger partial charge in [-0.15, -0.1) is 24.0 Å². The maximum absolute atomic E-state index is 5.42. The molecule has 0 fully saturated rings. The highest BCUT2D eigenvalue weighted by Crippen LogP contribution is 2.07. The van der Waals surface area contributed by atoms with E-state index in [2.05, 4.69) is 41.4 Å². The average Bonchev–Trinajstić information content (AvgIpc) is 2.44. The molecule has 0 amide bonds. The zero-order valence-corrected chi connectivity index (χ0v) is 16.3. The molecule has 1 aromatic heterocycles. The van der Waals surface area contributed by atoms with Crippen LogP contribution >= 0.6 is 24.0 Å². The monoisotopic (exact) mass is 422 g/mol. The van der Waals surface area contributed by atoms with Crippen molar-refractivity contribution in [2.45, 2.75) is 32.9 Å². The molecular weight excluding hydrogens is 395 g/mol. The topological polar surface area (TPSA) is 67.8 Å². The number of rotatable bonds is 6. The molecule has 0 saturated heterocycles. The third kappa shape index (κ3) is 9.04. The van der Waals surface area contributed by atoms with E-state index in [0.29, 0.717) is 25.6 Å². The van der Waals surface area contributed by atoms with Gasteiger partial charge in [-0.05, 0) is 26.3 Å². The molecule has 0 bridgehead atoms. The Labute approximate surface area is 150 Å². The van der Waals surface area contributed by atoms with E-state index in [9.17, 15) is 0 Å². The van der Waals surface area contributed by atoms with Gasteiger partial charge >= 0.3 is 0 Å². The van der Waals surface area contributed by atoms with Gasteiger partial charge in [0.1, 0.15) is 6.61 Å². The number of methoxy groups -OCH3 is 1. The summed E-state index contributed by atoms with van der Waals surface area (Å²) in [7, 11) is 3.40. The Kier molecular flexibility index (Phi) is 10.1. The lowest BCUT2D eigenvalue weighted by molar-refractivity contribution is 0.143. The molecule has 0 atom stereocenters. The normalized spacial score (nSPS) is 11.6. The van der Waals surface area contributed by atoms with Crippen LogP contribution in [0.25, 0.3) is 0 Å². The van der Waals surface area contributed by atoms with E-state index in [-0.39, 0.29) is 29.5 Å². The van der Waals surface area contributed by atoms with Crippen LogP contribution in [0.2, 0.25) is 0 Å². The van der Waals surface area contributed by atoms with Gasteiger partial charge in [0, 0.05) is 38.5 Å². The Morgan fingerprint density at radius 1 is 1.27 bits per heavy atom. The number of ether oxygens (including phenoxy) is 2. The summed E-state index contributed by atoms with van der Waals surface area (Å²) in [6, 6.07) is 3.83. The molecule has 7 heteroatoms. The summed E-state index contributed by atoms with van der Waals surface area (Å²) in [6.07, 6.45) is 1.79. The van der Waals surface area contributed by atoms with E-state index < -0.39 is 0 Å². The predicted molar refractivity (Wildman–Crippen MR) is 100 cm³/mol. The van der Waals surface area contributed by atoms with E-state index in [0.717, 1.165) is 11.5 Å². The van der Waals surface area contributed by atoms with Crippen LogP contribution in [0.4, 0.5) is 0 Å². The molecule has 22 heavy (non-hydrogen) atoms. The Morgan fingerprint density at radius 2 is 2.00 bits per heavy atom. The predicted octanol–water partition coefficient (Wildman–Crippen LogP) is 2.19. The maximum atomic E-state index is 5.42. The van der Waals surface area contributed by atoms with Crippen LogP contribution in [0.1, 0.15) is 26.3 Å². The molecule has 0 radical (unpaired) electrons. The average molecular weight is 422 g/mol. The van der Waals surface area contributed by atoms with Crippen LogP contribution < -0.4 is 15.4 Å². The molecule has 0 aliphatic rings. The molecule has 1 aromatic rings. The molecule has 0 spiro atoms. The molecule has 1 rings (SSSR count). The van der Waals surface area contributed by atoms with Crippen molar-refractivity contribution < 1.29 is 9.47 Å². The largest absolute Gasteiger partial charge is 0.475 e. The number of halogens is 1. The van der Waals surface area contributed by atoms with Gasteiger partial charge in [0.05, 0.1) is 6.61 Å². The van der Waals surface area contributed by atoms with Crippen molar-refractivity contribution in [2.75, 3.05) is 27.4 Å². The van der Waals surface area contributed by atoms with Crippen molar-refractivity contribution in [2.24, 2.45) is 4.99 Å². The lowest BCUT2D eigenvalue weighted by Gasteiger charge is -2.23. The van der Waals surface area contributed by atoms with Crippen LogP contribution in [0.15, 0.2) is 23.3 Å². The zero-order chi connectivity index (χ0) is 15.7. The SMILES string of the molecule is CN=C(NCc1ccc(OCCOC)nc1)NC(C)(C)C.I. The second kappa shape index (κ2) is 10.6. The molecule has 0 aliphatic heterocycles. The van der Waals surface area contributed by atoms with E-state index in [1.807, 2.05) is 12.1 Å². The van der Waals surface area contributed by atoms with Crippen LogP contribution in [0.3, 0.4) is 0 Å². The summed E-state index contributed by atoms with van der Waals surface area (Å²) in [5.41, 5.74) is 1.03. The van der Waals surface area contributed by atoms with Crippen LogP contribution in [-0.2, 0) is 11.3 Å². The summed E-state index contributed by atoms with van der Waals surface area (Å²) < 4.78 is 10.3. The first kappa shape index (κ1) is 20.9. The fraction of sp³-hybridized carbons (Fsp3) is 0.600. The molecule has 6 nitrogen and oxygen atoms in total. The number of aliphatic imine (C=N–C) groups is 1. The molecule has 1 heterocycles.